The first-order valence-corrected chi connectivity index (χ1v) is 42.7. The molecular weight excluding hydrogens is 1580 g/mol. The lowest BCUT2D eigenvalue weighted by Crippen LogP contribution is -2.37. The van der Waals surface area contributed by atoms with E-state index in [1.807, 2.05) is 55.6 Å². The third-order valence-electron chi connectivity index (χ3n) is 22.2. The Bertz CT molecular complexity index is 4990. The lowest BCUT2D eigenvalue weighted by Gasteiger charge is -2.27. The Hall–Kier alpha value is -11.1. The quantitative estimate of drug-likeness (QED) is 0.0182. The van der Waals surface area contributed by atoms with Gasteiger partial charge in [-0.25, -0.2) is 69.0 Å². The molecule has 3 amide bonds. The number of hydrogen-bond donors (Lipinski definition) is 5. The smallest absolute Gasteiger partial charge is 0.410 e. The van der Waals surface area contributed by atoms with Crippen LogP contribution in [0.4, 0.5) is 43.0 Å². The maximum absolute atomic E-state index is 12.5. The van der Waals surface area contributed by atoms with Crippen molar-refractivity contribution < 1.29 is 38.1 Å². The summed E-state index contributed by atoms with van der Waals surface area (Å²) in [5.74, 6) is 3.78. The molecule has 0 saturated heterocycles. The molecule has 0 unspecified atom stereocenters. The van der Waals surface area contributed by atoms with Crippen LogP contribution in [0, 0.1) is 13.8 Å². The second-order valence-electron chi connectivity index (χ2n) is 30.9. The van der Waals surface area contributed by atoms with Crippen LogP contribution in [0.2, 0.25) is 0 Å². The molecule has 31 heteroatoms. The van der Waals surface area contributed by atoms with E-state index >= 15 is 0 Å². The van der Waals surface area contributed by atoms with E-state index in [0.717, 1.165) is 148 Å². The topological polar surface area (TPSA) is 314 Å². The van der Waals surface area contributed by atoms with Gasteiger partial charge in [0.05, 0.1) is 87.2 Å². The minimum Gasteiger partial charge on any atom is -0.454 e. The molecule has 6 aromatic heterocycles. The Morgan fingerprint density at radius 2 is 0.767 bits per heavy atom. The number of aryl methyl sites for hydroxylation is 4. The number of nitrogens with one attached hydrogen (secondary N) is 5. The van der Waals surface area contributed by atoms with Crippen molar-refractivity contribution >= 4 is 82.3 Å². The summed E-state index contributed by atoms with van der Waals surface area (Å²) in [5, 5.41) is 17.3. The predicted octanol–water partition coefficient (Wildman–Crippen LogP) is 13.8. The van der Waals surface area contributed by atoms with Gasteiger partial charge in [0.2, 0.25) is 23.8 Å². The van der Waals surface area contributed by atoms with Crippen molar-refractivity contribution in [1.29, 1.82) is 0 Å². The molecule has 18 rings (SSSR count). The minimum atomic E-state index is -0.768. The fraction of sp³-hybridized carbons (Fsp3) is 0.438. The number of ether oxygens (including phenoxy) is 4. The van der Waals surface area contributed by atoms with E-state index in [1.54, 1.807) is 27.4 Å². The van der Waals surface area contributed by atoms with Gasteiger partial charge in [-0.1, -0.05) is 104 Å². The first kappa shape index (κ1) is 86.8. The van der Waals surface area contributed by atoms with Gasteiger partial charge < -0.3 is 69.4 Å². The van der Waals surface area contributed by atoms with Crippen molar-refractivity contribution in [3.8, 4) is 0 Å². The number of aromatic nitrogens is 12. The molecule has 8 aliphatic rings. The molecule has 632 valence electrons. The summed E-state index contributed by atoms with van der Waals surface area (Å²) in [7, 11) is 0. The molecule has 28 nitrogen and oxygen atoms in total. The average molecular weight is 1690 g/mol. The molecule has 0 spiro atoms. The van der Waals surface area contributed by atoms with E-state index in [2.05, 4.69) is 168 Å². The summed E-state index contributed by atoms with van der Waals surface area (Å²) in [4.78, 5) is 97.1. The standard InChI is InChI=1S/2C24H28N6O2.C20H23ClN4O2.C16H18N4.C4H6Cl2O2.CH4/c1-17-14-29(16-26-17)8-4-10-32-24(31)30-9-7-22-20(15-30)13-25-23(28-22)27-21-11-18-5-2-3-6-19(18)12-21;1-17-13-25-16-30(17)8-4-10-32-24(31)29-9-7-22-20(15-29)14-26-23(28-22)27-21-11-18-5-2-3-6-19(18)12-21;21-7-3-9-27-20(26)25-8-6-18-16(13-25)12-22-19(24-18)23-17-10-14-4-1-2-5-15(14)11-17;1-2-4-12-8-14(7-11(12)3-1)19-16-18-10-13-9-17-6-5-15(13)20-16;5-2-1-3-8-4(6)7;/h2-3,5-6,13-14,16,21H,4,7-12,15H2,1H3,(H,25,27,28);2-3,5-6,13-14,16,21H,4,7-12,15H2,1H3,(H,26,27,28);1-2,4-5,12,17H,3,6-11,13H2,(H,22,23,24);1-4,10,14,17H,5-9H2,(H,18,19,20);1-3H2;1H4. The van der Waals surface area contributed by atoms with Crippen molar-refractivity contribution in [3.63, 3.8) is 0 Å². The monoisotopic (exact) mass is 1690 g/mol. The predicted molar refractivity (Wildman–Crippen MR) is 463 cm³/mol. The van der Waals surface area contributed by atoms with E-state index in [4.69, 9.17) is 64.0 Å². The molecule has 4 aliphatic carbocycles. The Morgan fingerprint density at radius 1 is 0.425 bits per heavy atom. The summed E-state index contributed by atoms with van der Waals surface area (Å²) in [6.45, 7) is 12.2. The number of rotatable bonds is 22. The maximum atomic E-state index is 12.5. The number of fused-ring (bicyclic) bond motifs is 8. The third-order valence-corrected chi connectivity index (χ3v) is 22.8. The highest BCUT2D eigenvalue weighted by molar-refractivity contribution is 6.61. The highest BCUT2D eigenvalue weighted by Crippen LogP contribution is 2.30. The number of anilines is 4. The third kappa shape index (κ3) is 24.4. The number of carbonyl (C=O) groups excluding carboxylic acids is 4. The normalized spacial score (nSPS) is 15.3. The fourth-order valence-corrected chi connectivity index (χ4v) is 16.3. The molecule has 120 heavy (non-hydrogen) atoms. The Labute approximate surface area is 716 Å². The second kappa shape index (κ2) is 43.2. The maximum Gasteiger partial charge on any atom is 0.410 e. The van der Waals surface area contributed by atoms with E-state index < -0.39 is 5.43 Å². The van der Waals surface area contributed by atoms with Crippen LogP contribution in [-0.4, -0.2) is 186 Å². The number of amides is 3. The molecule has 4 aromatic carbocycles. The van der Waals surface area contributed by atoms with Gasteiger partial charge in [0, 0.05) is 184 Å². The van der Waals surface area contributed by atoms with Gasteiger partial charge in [-0.15, -0.1) is 23.2 Å². The van der Waals surface area contributed by atoms with Crippen LogP contribution >= 0.6 is 34.8 Å². The highest BCUT2D eigenvalue weighted by atomic mass is 35.5. The summed E-state index contributed by atoms with van der Waals surface area (Å²) in [6.07, 6.45) is 28.1. The zero-order valence-corrected chi connectivity index (χ0v) is 69.7. The van der Waals surface area contributed by atoms with Crippen molar-refractivity contribution in [2.45, 2.75) is 187 Å². The Balaban J connectivity index is 0.000000135. The molecule has 0 fully saturated rings. The van der Waals surface area contributed by atoms with Crippen LogP contribution in [0.25, 0.3) is 0 Å². The van der Waals surface area contributed by atoms with Gasteiger partial charge >= 0.3 is 23.7 Å². The van der Waals surface area contributed by atoms with Crippen LogP contribution in [0.1, 0.15) is 134 Å². The average Bonchev–Trinajstić information content (AvgIpc) is 1.43. The van der Waals surface area contributed by atoms with Gasteiger partial charge in [-0.05, 0) is 135 Å². The number of benzene rings is 4. The summed E-state index contributed by atoms with van der Waals surface area (Å²) < 4.78 is 24.6. The van der Waals surface area contributed by atoms with Gasteiger partial charge in [-0.2, -0.15) is 0 Å². The lowest BCUT2D eigenvalue weighted by atomic mass is 10.1. The fourth-order valence-electron chi connectivity index (χ4n) is 16.0. The first-order valence-electron chi connectivity index (χ1n) is 41.3. The molecule has 10 heterocycles. The number of imidazole rings is 2. The Kier molecular flexibility index (Phi) is 31.3. The van der Waals surface area contributed by atoms with Crippen LogP contribution in [0.5, 0.6) is 0 Å². The molecule has 4 aliphatic heterocycles. The SMILES string of the molecule is C.Cc1cn(CCCOC(=O)N2CCc3nc(NC4Cc5ccccc5C4)ncc3C2)cn1.Cc1cncn1CCCOC(=O)N1CCc2nc(NC3Cc4ccccc4C3)ncc2C1.O=C(Cl)OCCCCl.O=C(OCCCCl)N1CCc2nc(NC3Cc4ccccc4C3)ncc2C1.c1ccc2c(c1)CC(Nc1ncc3c(n1)CCNC3)C2. The summed E-state index contributed by atoms with van der Waals surface area (Å²) in [6, 6.07) is 35.7. The van der Waals surface area contributed by atoms with Gasteiger partial charge in [0.1, 0.15) is 0 Å². The summed E-state index contributed by atoms with van der Waals surface area (Å²) >= 11 is 15.7. The molecule has 0 atom stereocenters. The number of hydrogen-bond acceptors (Lipinski definition) is 23. The molecule has 0 saturated carbocycles. The van der Waals surface area contributed by atoms with Gasteiger partial charge in [-0.3, -0.25) is 0 Å². The van der Waals surface area contributed by atoms with Crippen LogP contribution in [-0.2, 0) is 135 Å². The second-order valence-corrected chi connectivity index (χ2v) is 31.9. The van der Waals surface area contributed by atoms with Gasteiger partial charge in [0.15, 0.2) is 0 Å². The summed E-state index contributed by atoms with van der Waals surface area (Å²) in [5.41, 5.74) is 21.0. The number of nitrogens with zero attached hydrogens (tertiary/aromatic N) is 15. The molecule has 5 N–H and O–H groups in total. The van der Waals surface area contributed by atoms with E-state index in [1.165, 1.54) is 55.8 Å². The largest absolute Gasteiger partial charge is 0.454 e. The van der Waals surface area contributed by atoms with Crippen molar-refractivity contribution in [1.82, 2.24) is 79.0 Å². The molecule has 0 radical (unpaired) electrons. The Morgan fingerprint density at radius 3 is 1.10 bits per heavy atom. The van der Waals surface area contributed by atoms with Gasteiger partial charge in [0.25, 0.3) is 0 Å². The number of carbonyl (C=O) groups is 4. The first-order chi connectivity index (χ1) is 58.2. The van der Waals surface area contributed by atoms with Crippen LogP contribution in [0.3, 0.4) is 0 Å². The van der Waals surface area contributed by atoms with E-state index in [-0.39, 0.29) is 25.7 Å². The van der Waals surface area contributed by atoms with Crippen LogP contribution in [0.15, 0.2) is 147 Å². The van der Waals surface area contributed by atoms with Crippen molar-refractivity contribution in [2.24, 2.45) is 0 Å². The van der Waals surface area contributed by atoms with Crippen molar-refractivity contribution in [2.75, 3.05) is 85.6 Å². The van der Waals surface area contributed by atoms with E-state index in [0.29, 0.717) is 152 Å². The zero-order valence-electron chi connectivity index (χ0n) is 67.4. The number of halogens is 3. The van der Waals surface area contributed by atoms with Crippen molar-refractivity contribution in [3.05, 3.63) is 248 Å². The zero-order chi connectivity index (χ0) is 82.2. The molecular formula is C89H107Cl3N20O8. The molecule has 0 bridgehead atoms. The van der Waals surface area contributed by atoms with Crippen LogP contribution < -0.4 is 26.6 Å². The number of alkyl halides is 2. The van der Waals surface area contributed by atoms with E-state index in [9.17, 15) is 19.2 Å². The minimum absolute atomic E-state index is 0. The molecule has 10 aromatic rings. The lowest BCUT2D eigenvalue weighted by molar-refractivity contribution is 0.0947. The highest BCUT2D eigenvalue weighted by Gasteiger charge is 2.31.